The average Bonchev–Trinajstić information content (AvgIpc) is 3.05. The number of azo groups is 1. The number of rotatable bonds is 15. The normalized spacial score (nSPS) is 11.7. The molecule has 0 unspecified atom stereocenters. The highest BCUT2D eigenvalue weighted by Crippen LogP contribution is 2.43. The van der Waals surface area contributed by atoms with E-state index >= 15 is 0 Å². The van der Waals surface area contributed by atoms with Crippen molar-refractivity contribution in [2.24, 2.45) is 10.2 Å². The zero-order valence-corrected chi connectivity index (χ0v) is 27.8. The fraction of sp³-hybridized carbons (Fsp3) is 0.0741. The van der Waals surface area contributed by atoms with Crippen molar-refractivity contribution in [1.82, 2.24) is 15.0 Å². The first-order chi connectivity index (χ1) is 23.5. The van der Waals surface area contributed by atoms with E-state index in [1.807, 2.05) is 31.2 Å². The molecule has 256 valence electrons. The van der Waals surface area contributed by atoms with Crippen molar-refractivity contribution in [1.29, 1.82) is 0 Å². The molecule has 7 N–H and O–H groups in total. The maximum Gasteiger partial charge on any atom is 0.283 e. The third kappa shape index (κ3) is 10.1. The second-order valence-electron chi connectivity index (χ2n) is 9.61. The number of benzene rings is 4. The molecule has 0 atom stereocenters. The molecule has 0 aliphatic heterocycles. The Kier molecular flexibility index (Phi) is 12.0. The highest BCUT2D eigenvalue weighted by atomic mass is 35.5. The molecule has 1 aromatic heterocycles. The number of hydrogen-bond acceptors (Lipinski definition) is 19. The van der Waals surface area contributed by atoms with Gasteiger partial charge in [-0.2, -0.15) is 23.4 Å². The van der Waals surface area contributed by atoms with Crippen LogP contribution < -0.4 is 16.0 Å². The minimum absolute atomic E-state index is 0.0285. The standard InChI is InChI=1S/C27H23ClN8O10S3/c1-14-2-5-16(6-3-14)30-26-32-25(28)33-27(34-26)31-17-7-9-22(48-46-44-39)20(11-17)35-36-24-19(29-13-49(40,41)42)8-4-15-10-18(47-45-43-38)12-21(37)23(15)24/h2-12,29,37-39H,13H2,1H3,(H,40,41,42)(H2,30,31,32,33,34). The number of aryl methyl sites for hydroxylation is 1. The van der Waals surface area contributed by atoms with Gasteiger partial charge in [-0.1, -0.05) is 33.8 Å². The Labute approximate surface area is 290 Å². The van der Waals surface area contributed by atoms with Crippen LogP contribution in [0.2, 0.25) is 5.28 Å². The monoisotopic (exact) mass is 750 g/mol. The van der Waals surface area contributed by atoms with E-state index in [9.17, 15) is 18.1 Å². The van der Waals surface area contributed by atoms with Crippen LogP contribution in [-0.4, -0.2) is 49.4 Å². The van der Waals surface area contributed by atoms with Crippen LogP contribution in [0.1, 0.15) is 5.56 Å². The molecule has 22 heteroatoms. The summed E-state index contributed by atoms with van der Waals surface area (Å²) in [5.74, 6) is -0.957. The van der Waals surface area contributed by atoms with Gasteiger partial charge in [0.05, 0.1) is 40.1 Å². The topological polar surface area (TPSA) is 251 Å². The first kappa shape index (κ1) is 35.9. The molecule has 0 aliphatic rings. The number of aromatic hydroxyl groups is 1. The Hall–Kier alpha value is -4.39. The molecule has 0 amide bonds. The Balaban J connectivity index is 1.52. The molecule has 5 aromatic rings. The Morgan fingerprint density at radius 2 is 1.53 bits per heavy atom. The molecule has 0 spiro atoms. The first-order valence-corrected chi connectivity index (χ1v) is 16.8. The van der Waals surface area contributed by atoms with E-state index < -0.39 is 16.0 Å². The molecule has 0 bridgehead atoms. The largest absolute Gasteiger partial charge is 0.507 e. The molecule has 0 fully saturated rings. The molecular weight excluding hydrogens is 728 g/mol. The van der Waals surface area contributed by atoms with Gasteiger partial charge in [0, 0.05) is 16.3 Å². The lowest BCUT2D eigenvalue weighted by Crippen LogP contribution is -2.13. The number of phenols is 1. The van der Waals surface area contributed by atoms with Crippen LogP contribution in [-0.2, 0) is 28.9 Å². The molecule has 18 nitrogen and oxygen atoms in total. The minimum atomic E-state index is -4.46. The Bertz CT molecular complexity index is 2100. The molecule has 4 aromatic carbocycles. The van der Waals surface area contributed by atoms with E-state index in [4.69, 9.17) is 22.1 Å². The smallest absolute Gasteiger partial charge is 0.283 e. The van der Waals surface area contributed by atoms with Gasteiger partial charge in [-0.3, -0.25) is 4.55 Å². The van der Waals surface area contributed by atoms with Crippen molar-refractivity contribution in [3.05, 3.63) is 77.6 Å². The van der Waals surface area contributed by atoms with Crippen LogP contribution >= 0.6 is 35.7 Å². The van der Waals surface area contributed by atoms with Gasteiger partial charge in [-0.25, -0.2) is 10.5 Å². The van der Waals surface area contributed by atoms with Gasteiger partial charge in [0.25, 0.3) is 10.1 Å². The molecule has 0 saturated carbocycles. The number of fused-ring (bicyclic) bond motifs is 1. The Morgan fingerprint density at radius 3 is 2.22 bits per heavy atom. The van der Waals surface area contributed by atoms with E-state index in [-0.39, 0.29) is 50.3 Å². The number of anilines is 5. The van der Waals surface area contributed by atoms with Crippen LogP contribution in [0, 0.1) is 6.92 Å². The molecule has 0 aliphatic carbocycles. The van der Waals surface area contributed by atoms with E-state index in [2.05, 4.69) is 59.9 Å². The predicted molar refractivity (Wildman–Crippen MR) is 180 cm³/mol. The predicted octanol–water partition coefficient (Wildman–Crippen LogP) is 7.71. The van der Waals surface area contributed by atoms with Crippen LogP contribution in [0.15, 0.2) is 86.7 Å². The summed E-state index contributed by atoms with van der Waals surface area (Å²) in [6, 6.07) is 18.0. The maximum atomic E-state index is 11.5. The summed E-state index contributed by atoms with van der Waals surface area (Å²) in [5.41, 5.74) is 2.36. The third-order valence-corrected chi connectivity index (χ3v) is 8.08. The van der Waals surface area contributed by atoms with Gasteiger partial charge in [0.15, 0.2) is 0 Å². The van der Waals surface area contributed by atoms with Crippen molar-refractivity contribution < 1.29 is 47.3 Å². The summed E-state index contributed by atoms with van der Waals surface area (Å²) in [5, 5.41) is 53.2. The summed E-state index contributed by atoms with van der Waals surface area (Å²) in [6.07, 6.45) is 0. The molecule has 5 rings (SSSR count). The average molecular weight is 751 g/mol. The number of hydrogen-bond donors (Lipinski definition) is 7. The van der Waals surface area contributed by atoms with Crippen molar-refractivity contribution in [3.63, 3.8) is 0 Å². The van der Waals surface area contributed by atoms with Crippen molar-refractivity contribution in [2.75, 3.05) is 21.8 Å². The lowest BCUT2D eigenvalue weighted by atomic mass is 10.1. The molecule has 0 saturated heterocycles. The molecule has 0 radical (unpaired) electrons. The van der Waals surface area contributed by atoms with Crippen molar-refractivity contribution >= 4 is 96.9 Å². The van der Waals surface area contributed by atoms with Crippen LogP contribution in [0.3, 0.4) is 0 Å². The van der Waals surface area contributed by atoms with E-state index in [1.165, 1.54) is 24.3 Å². The van der Waals surface area contributed by atoms with Gasteiger partial charge in [-0.15, -0.1) is 18.9 Å². The summed E-state index contributed by atoms with van der Waals surface area (Å²) < 4.78 is 41.4. The molecule has 1 heterocycles. The maximum absolute atomic E-state index is 11.5. The highest BCUT2D eigenvalue weighted by molar-refractivity contribution is 7.94. The quantitative estimate of drug-likeness (QED) is 0.0178. The summed E-state index contributed by atoms with van der Waals surface area (Å²) in [4.78, 5) is 13.2. The lowest BCUT2D eigenvalue weighted by molar-refractivity contribution is -0.432. The van der Waals surface area contributed by atoms with E-state index in [0.717, 1.165) is 11.3 Å². The number of nitrogens with zero attached hydrogens (tertiary/aromatic N) is 5. The van der Waals surface area contributed by atoms with Gasteiger partial charge in [0.2, 0.25) is 17.2 Å². The SMILES string of the molecule is Cc1ccc(Nc2nc(Cl)nc(Nc3ccc(SOOO)c(N=Nc4c(NCS(=O)(=O)O)ccc5cc(SOOO)cc(O)c45)c3)n2)cc1. The van der Waals surface area contributed by atoms with E-state index in [1.54, 1.807) is 18.2 Å². The van der Waals surface area contributed by atoms with Gasteiger partial charge >= 0.3 is 0 Å². The first-order valence-electron chi connectivity index (χ1n) is 13.4. The van der Waals surface area contributed by atoms with Gasteiger partial charge in [-0.05, 0) is 72.4 Å². The fourth-order valence-corrected chi connectivity index (χ4v) is 5.53. The van der Waals surface area contributed by atoms with Gasteiger partial charge in [0.1, 0.15) is 23.0 Å². The van der Waals surface area contributed by atoms with E-state index in [0.29, 0.717) is 40.1 Å². The molecular formula is C27H23ClN8O10S3. The number of nitrogens with one attached hydrogen (secondary N) is 3. The van der Waals surface area contributed by atoms with Crippen LogP contribution in [0.4, 0.5) is 40.3 Å². The third-order valence-electron chi connectivity index (χ3n) is 6.19. The second kappa shape index (κ2) is 16.3. The lowest BCUT2D eigenvalue weighted by Gasteiger charge is -2.13. The summed E-state index contributed by atoms with van der Waals surface area (Å²) in [6.45, 7) is 1.96. The van der Waals surface area contributed by atoms with Crippen molar-refractivity contribution in [2.45, 2.75) is 16.7 Å². The number of phenolic OH excluding ortho intramolecular Hbond substituents is 1. The molecule has 49 heavy (non-hydrogen) atoms. The number of aromatic nitrogens is 3. The minimum Gasteiger partial charge on any atom is -0.507 e. The fourth-order valence-electron chi connectivity index (χ4n) is 4.17. The zero-order chi connectivity index (χ0) is 35.0. The number of halogens is 1. The van der Waals surface area contributed by atoms with Crippen LogP contribution in [0.5, 0.6) is 5.75 Å². The van der Waals surface area contributed by atoms with Crippen molar-refractivity contribution in [3.8, 4) is 5.75 Å². The van der Waals surface area contributed by atoms with Crippen LogP contribution in [0.25, 0.3) is 10.8 Å². The summed E-state index contributed by atoms with van der Waals surface area (Å²) >= 11 is 7.35. The second-order valence-corrected chi connectivity index (χ2v) is 12.9. The highest BCUT2D eigenvalue weighted by Gasteiger charge is 2.17. The summed E-state index contributed by atoms with van der Waals surface area (Å²) in [7, 11) is -4.46. The zero-order valence-electron chi connectivity index (χ0n) is 24.6. The van der Waals surface area contributed by atoms with Gasteiger partial charge < -0.3 is 21.1 Å². The Morgan fingerprint density at radius 1 is 0.857 bits per heavy atom.